The van der Waals surface area contributed by atoms with Crippen molar-refractivity contribution in [3.05, 3.63) is 48.5 Å². The molecule has 0 aliphatic carbocycles. The van der Waals surface area contributed by atoms with Gasteiger partial charge in [0.05, 0.1) is 24.0 Å². The maximum Gasteiger partial charge on any atom is 0.270 e. The van der Waals surface area contributed by atoms with Gasteiger partial charge >= 0.3 is 0 Å². The van der Waals surface area contributed by atoms with Crippen molar-refractivity contribution in [2.24, 2.45) is 7.05 Å². The molecule has 2 amide bonds. The lowest BCUT2D eigenvalue weighted by Gasteiger charge is -2.39. The first-order valence-electron chi connectivity index (χ1n) is 8.31. The van der Waals surface area contributed by atoms with E-state index in [-0.39, 0.29) is 23.9 Å². The highest BCUT2D eigenvalue weighted by atomic mass is 16.2. The summed E-state index contributed by atoms with van der Waals surface area (Å²) in [6.45, 7) is 0.684. The Morgan fingerprint density at radius 2 is 2.08 bits per heavy atom. The third-order valence-electron chi connectivity index (χ3n) is 5.11. The first-order valence-corrected chi connectivity index (χ1v) is 8.31. The second-order valence-electron chi connectivity index (χ2n) is 6.44. The van der Waals surface area contributed by atoms with E-state index in [2.05, 4.69) is 4.98 Å². The van der Waals surface area contributed by atoms with E-state index < -0.39 is 0 Å². The number of hydrogen-bond acceptors (Lipinski definition) is 3. The molecule has 0 bridgehead atoms. The molecule has 24 heavy (non-hydrogen) atoms. The number of rotatable bonds is 2. The number of aryl methyl sites for hydroxylation is 1. The van der Waals surface area contributed by atoms with Crippen molar-refractivity contribution in [3.8, 4) is 0 Å². The standard InChI is InChI=1S/C18H20N4O2/c1-20-10-3-5-16(20)18(24)21-11-8-15-14(21)6-7-17(23)22(15)13-4-2-9-19-12-13/h2-5,9-10,12,14-15H,6-8,11H2,1H3/t14-,15-/m1/s1. The molecule has 0 unspecified atom stereocenters. The zero-order valence-corrected chi connectivity index (χ0v) is 13.6. The van der Waals surface area contributed by atoms with Crippen LogP contribution in [-0.2, 0) is 11.8 Å². The zero-order valence-electron chi connectivity index (χ0n) is 13.6. The summed E-state index contributed by atoms with van der Waals surface area (Å²) in [6, 6.07) is 7.60. The van der Waals surface area contributed by atoms with Crippen molar-refractivity contribution in [3.63, 3.8) is 0 Å². The van der Waals surface area contributed by atoms with Gasteiger partial charge in [-0.3, -0.25) is 14.6 Å². The first kappa shape index (κ1) is 14.9. The van der Waals surface area contributed by atoms with Crippen LogP contribution in [0, 0.1) is 0 Å². The number of anilines is 1. The van der Waals surface area contributed by atoms with Crippen LogP contribution in [0.4, 0.5) is 5.69 Å². The highest BCUT2D eigenvalue weighted by Gasteiger charge is 2.45. The Morgan fingerprint density at radius 1 is 1.21 bits per heavy atom. The smallest absolute Gasteiger partial charge is 0.270 e. The molecule has 2 aliphatic rings. The minimum Gasteiger partial charge on any atom is -0.347 e. The number of piperidine rings is 1. The molecule has 0 saturated carbocycles. The van der Waals surface area contributed by atoms with Crippen LogP contribution in [0.25, 0.3) is 0 Å². The maximum atomic E-state index is 12.9. The van der Waals surface area contributed by atoms with E-state index in [0.717, 1.165) is 18.5 Å². The molecule has 2 aliphatic heterocycles. The van der Waals surface area contributed by atoms with Crippen molar-refractivity contribution >= 4 is 17.5 Å². The predicted octanol–water partition coefficient (Wildman–Crippen LogP) is 1.83. The van der Waals surface area contributed by atoms with Crippen molar-refractivity contribution in [1.29, 1.82) is 0 Å². The molecule has 124 valence electrons. The Bertz CT molecular complexity index is 770. The number of aromatic nitrogens is 2. The monoisotopic (exact) mass is 324 g/mol. The Hall–Kier alpha value is -2.63. The molecule has 2 fully saturated rings. The summed E-state index contributed by atoms with van der Waals surface area (Å²) in [6.07, 6.45) is 7.31. The van der Waals surface area contributed by atoms with Gasteiger partial charge in [0.25, 0.3) is 5.91 Å². The Balaban J connectivity index is 1.62. The second kappa shape index (κ2) is 5.78. The van der Waals surface area contributed by atoms with Gasteiger partial charge in [0, 0.05) is 32.4 Å². The van der Waals surface area contributed by atoms with Gasteiger partial charge in [0.2, 0.25) is 5.91 Å². The maximum absolute atomic E-state index is 12.9. The summed E-state index contributed by atoms with van der Waals surface area (Å²) in [5.41, 5.74) is 1.52. The fraction of sp³-hybridized carbons (Fsp3) is 0.389. The molecule has 0 radical (unpaired) electrons. The fourth-order valence-electron chi connectivity index (χ4n) is 3.98. The van der Waals surface area contributed by atoms with Crippen LogP contribution in [0.15, 0.2) is 42.9 Å². The lowest BCUT2D eigenvalue weighted by atomic mass is 9.95. The molecule has 0 spiro atoms. The number of hydrogen-bond donors (Lipinski definition) is 0. The minimum absolute atomic E-state index is 0.0414. The lowest BCUT2D eigenvalue weighted by Crippen LogP contribution is -2.53. The summed E-state index contributed by atoms with van der Waals surface area (Å²) >= 11 is 0. The Morgan fingerprint density at radius 3 is 2.79 bits per heavy atom. The van der Waals surface area contributed by atoms with Crippen LogP contribution in [0.5, 0.6) is 0 Å². The molecule has 0 N–H and O–H groups in total. The van der Waals surface area contributed by atoms with Gasteiger partial charge in [0.1, 0.15) is 5.69 Å². The van der Waals surface area contributed by atoms with E-state index in [1.807, 2.05) is 51.9 Å². The van der Waals surface area contributed by atoms with Crippen LogP contribution < -0.4 is 4.90 Å². The molecule has 2 atom stereocenters. The highest BCUT2D eigenvalue weighted by Crippen LogP contribution is 2.35. The van der Waals surface area contributed by atoms with Gasteiger partial charge in [-0.2, -0.15) is 0 Å². The van der Waals surface area contributed by atoms with Crippen molar-refractivity contribution in [2.45, 2.75) is 31.3 Å². The fourth-order valence-corrected chi connectivity index (χ4v) is 3.98. The number of likely N-dealkylation sites (tertiary alicyclic amines) is 1. The average Bonchev–Trinajstić information content (AvgIpc) is 3.21. The summed E-state index contributed by atoms with van der Waals surface area (Å²) in [5, 5.41) is 0. The molecule has 2 aromatic heterocycles. The van der Waals surface area contributed by atoms with Crippen LogP contribution in [-0.4, -0.2) is 44.9 Å². The van der Waals surface area contributed by atoms with Gasteiger partial charge in [-0.25, -0.2) is 0 Å². The third kappa shape index (κ3) is 2.29. The minimum atomic E-state index is 0.0414. The molecular formula is C18H20N4O2. The molecule has 0 aromatic carbocycles. The lowest BCUT2D eigenvalue weighted by molar-refractivity contribution is -0.120. The SMILES string of the molecule is Cn1cccc1C(=O)N1CC[C@@H]2[C@H]1CCC(=O)N2c1cccnc1. The number of carbonyl (C=O) groups excluding carboxylic acids is 2. The number of fused-ring (bicyclic) bond motifs is 1. The van der Waals surface area contributed by atoms with E-state index in [1.165, 1.54) is 0 Å². The number of amides is 2. The summed E-state index contributed by atoms with van der Waals surface area (Å²) in [5.74, 6) is 0.174. The third-order valence-corrected chi connectivity index (χ3v) is 5.11. The quantitative estimate of drug-likeness (QED) is 0.847. The Kier molecular flexibility index (Phi) is 3.59. The summed E-state index contributed by atoms with van der Waals surface area (Å²) < 4.78 is 1.85. The second-order valence-corrected chi connectivity index (χ2v) is 6.44. The first-order chi connectivity index (χ1) is 11.7. The van der Waals surface area contributed by atoms with E-state index in [9.17, 15) is 9.59 Å². The number of nitrogens with zero attached hydrogens (tertiary/aromatic N) is 4. The van der Waals surface area contributed by atoms with Gasteiger partial charge in [-0.15, -0.1) is 0 Å². The molecule has 4 heterocycles. The molecule has 4 rings (SSSR count). The average molecular weight is 324 g/mol. The van der Waals surface area contributed by atoms with Crippen LogP contribution in [0.2, 0.25) is 0 Å². The van der Waals surface area contributed by atoms with E-state index >= 15 is 0 Å². The van der Waals surface area contributed by atoms with Crippen LogP contribution >= 0.6 is 0 Å². The van der Waals surface area contributed by atoms with E-state index in [0.29, 0.717) is 18.7 Å². The van der Waals surface area contributed by atoms with Gasteiger partial charge in [-0.1, -0.05) is 0 Å². The Labute approximate surface area is 140 Å². The van der Waals surface area contributed by atoms with Crippen LogP contribution in [0.1, 0.15) is 29.8 Å². The topological polar surface area (TPSA) is 58.4 Å². The number of carbonyl (C=O) groups is 2. The van der Waals surface area contributed by atoms with Gasteiger partial charge < -0.3 is 14.4 Å². The van der Waals surface area contributed by atoms with E-state index in [1.54, 1.807) is 12.4 Å². The summed E-state index contributed by atoms with van der Waals surface area (Å²) in [7, 11) is 1.88. The zero-order chi connectivity index (χ0) is 16.7. The molecule has 2 saturated heterocycles. The molecule has 2 aromatic rings. The van der Waals surface area contributed by atoms with Gasteiger partial charge in [-0.05, 0) is 37.1 Å². The molecule has 6 heteroatoms. The van der Waals surface area contributed by atoms with Crippen LogP contribution in [0.3, 0.4) is 0 Å². The van der Waals surface area contributed by atoms with E-state index in [4.69, 9.17) is 0 Å². The highest BCUT2D eigenvalue weighted by molar-refractivity contribution is 5.97. The molecule has 6 nitrogen and oxygen atoms in total. The van der Waals surface area contributed by atoms with Crippen molar-refractivity contribution < 1.29 is 9.59 Å². The van der Waals surface area contributed by atoms with Crippen molar-refractivity contribution in [1.82, 2.24) is 14.5 Å². The summed E-state index contributed by atoms with van der Waals surface area (Å²) in [4.78, 5) is 33.3. The normalized spacial score (nSPS) is 23.5. The van der Waals surface area contributed by atoms with Gasteiger partial charge in [0.15, 0.2) is 0 Å². The molecular weight excluding hydrogens is 304 g/mol. The van der Waals surface area contributed by atoms with Crippen molar-refractivity contribution in [2.75, 3.05) is 11.4 Å². The number of pyridine rings is 1. The predicted molar refractivity (Wildman–Crippen MR) is 89.6 cm³/mol. The largest absolute Gasteiger partial charge is 0.347 e.